The fraction of sp³-hybridized carbons (Fsp3) is 0.368. The molecule has 0 amide bonds. The zero-order valence-corrected chi connectivity index (χ0v) is 16.7. The first-order valence-corrected chi connectivity index (χ1v) is 10.6. The summed E-state index contributed by atoms with van der Waals surface area (Å²) in [4.78, 5) is 0. The molecule has 7 heteroatoms. The van der Waals surface area contributed by atoms with Crippen LogP contribution in [-0.2, 0) is 6.54 Å². The number of fused-ring (bicyclic) bond motifs is 1. The van der Waals surface area contributed by atoms with E-state index >= 15 is 0 Å². The number of rotatable bonds is 5. The molecule has 0 spiro atoms. The second-order valence-corrected chi connectivity index (χ2v) is 8.94. The Kier molecular flexibility index (Phi) is 5.81. The molecule has 2 aromatic rings. The van der Waals surface area contributed by atoms with Crippen molar-refractivity contribution in [1.29, 1.82) is 0 Å². The first-order valence-electron chi connectivity index (χ1n) is 8.75. The molecular formula is C19H26ClN3O2S. The van der Waals surface area contributed by atoms with Crippen LogP contribution in [-0.4, -0.2) is 26.0 Å². The van der Waals surface area contributed by atoms with Crippen LogP contribution in [0.4, 0.5) is 11.4 Å². The van der Waals surface area contributed by atoms with Crippen molar-refractivity contribution in [2.45, 2.75) is 39.3 Å². The smallest absolute Gasteiger partial charge is 0.0827 e. The summed E-state index contributed by atoms with van der Waals surface area (Å²) in [7, 11) is -3.25. The number of para-hydroxylation sites is 1. The molecule has 142 valence electrons. The van der Waals surface area contributed by atoms with Crippen LogP contribution in [0, 0.1) is 6.92 Å². The van der Waals surface area contributed by atoms with Crippen LogP contribution in [0.5, 0.6) is 0 Å². The maximum absolute atomic E-state index is 11.3. The van der Waals surface area contributed by atoms with E-state index in [4.69, 9.17) is 17.3 Å². The van der Waals surface area contributed by atoms with Gasteiger partial charge in [0.1, 0.15) is 0 Å². The third-order valence-corrected chi connectivity index (χ3v) is 7.05. The average Bonchev–Trinajstić information content (AvgIpc) is 2.60. The van der Waals surface area contributed by atoms with Gasteiger partial charge in [-0.15, -0.1) is 0 Å². The number of benzene rings is 2. The van der Waals surface area contributed by atoms with Crippen molar-refractivity contribution in [3.8, 4) is 0 Å². The van der Waals surface area contributed by atoms with Gasteiger partial charge in [-0.1, -0.05) is 41.4 Å². The summed E-state index contributed by atoms with van der Waals surface area (Å²) in [5.74, 6) is 0. The molecule has 5 nitrogen and oxygen atoms in total. The van der Waals surface area contributed by atoms with Gasteiger partial charge in [0.15, 0.2) is 0 Å². The Morgan fingerprint density at radius 1 is 1.19 bits per heavy atom. The Labute approximate surface area is 162 Å². The SMILES string of the molecule is Cc1ccc2c(c1)CN(C(C)CCCN)S(O)(O)N2c1ccccc1Cl. The minimum absolute atomic E-state index is 0.0257. The third-order valence-electron chi connectivity index (χ3n) is 4.73. The molecule has 0 saturated heterocycles. The van der Waals surface area contributed by atoms with Crippen molar-refractivity contribution in [3.63, 3.8) is 0 Å². The van der Waals surface area contributed by atoms with Crippen molar-refractivity contribution < 1.29 is 9.11 Å². The number of aryl methyl sites for hydroxylation is 1. The van der Waals surface area contributed by atoms with Crippen molar-refractivity contribution in [3.05, 3.63) is 58.6 Å². The lowest BCUT2D eigenvalue weighted by Crippen LogP contribution is -2.45. The van der Waals surface area contributed by atoms with Gasteiger partial charge in [0.25, 0.3) is 0 Å². The van der Waals surface area contributed by atoms with Gasteiger partial charge in [0.05, 0.1) is 16.4 Å². The van der Waals surface area contributed by atoms with E-state index in [-0.39, 0.29) is 6.04 Å². The molecule has 0 bridgehead atoms. The number of hydrogen-bond donors (Lipinski definition) is 3. The van der Waals surface area contributed by atoms with Crippen molar-refractivity contribution in [2.24, 2.45) is 5.73 Å². The normalized spacial score (nSPS) is 19.1. The molecule has 2 aromatic carbocycles. The standard InChI is InChI=1S/C19H26ClN3O2S/c1-14-9-10-18-16(12-14)13-22(15(2)6-5-11-21)26(24,25)23(18)19-8-4-3-7-17(19)20/h3-4,7-10,12,15,24-25H,5-6,11,13,21H2,1-2H3. The van der Waals surface area contributed by atoms with E-state index in [1.165, 1.54) is 0 Å². The Morgan fingerprint density at radius 2 is 1.92 bits per heavy atom. The van der Waals surface area contributed by atoms with Crippen LogP contribution in [0.3, 0.4) is 0 Å². The molecule has 1 heterocycles. The van der Waals surface area contributed by atoms with E-state index in [0.29, 0.717) is 23.8 Å². The summed E-state index contributed by atoms with van der Waals surface area (Å²) in [6.45, 7) is 5.11. The highest BCUT2D eigenvalue weighted by Crippen LogP contribution is 2.60. The number of hydrogen-bond acceptors (Lipinski definition) is 5. The third kappa shape index (κ3) is 3.58. The van der Waals surface area contributed by atoms with Gasteiger partial charge in [-0.25, -0.2) is 4.31 Å². The molecule has 0 aliphatic carbocycles. The summed E-state index contributed by atoms with van der Waals surface area (Å²) in [6, 6.07) is 13.2. The van der Waals surface area contributed by atoms with Crippen molar-refractivity contribution in [1.82, 2.24) is 4.31 Å². The molecule has 4 N–H and O–H groups in total. The Morgan fingerprint density at radius 3 is 2.62 bits per heavy atom. The highest BCUT2D eigenvalue weighted by atomic mass is 35.5. The second-order valence-electron chi connectivity index (χ2n) is 6.72. The van der Waals surface area contributed by atoms with Crippen LogP contribution >= 0.6 is 22.6 Å². The molecule has 0 saturated carbocycles. The summed E-state index contributed by atoms with van der Waals surface area (Å²) >= 11 is 6.41. The first-order chi connectivity index (χ1) is 12.4. The minimum atomic E-state index is -3.25. The van der Waals surface area contributed by atoms with Gasteiger partial charge in [-0.3, -0.25) is 9.11 Å². The number of anilines is 2. The molecule has 0 radical (unpaired) electrons. The van der Waals surface area contributed by atoms with Crippen LogP contribution in [0.25, 0.3) is 0 Å². The molecule has 0 fully saturated rings. The number of nitrogens with zero attached hydrogens (tertiary/aromatic N) is 2. The van der Waals surface area contributed by atoms with Gasteiger partial charge in [0.2, 0.25) is 0 Å². The maximum atomic E-state index is 11.3. The molecule has 3 rings (SSSR count). The topological polar surface area (TPSA) is 73.0 Å². The highest BCUT2D eigenvalue weighted by molar-refractivity contribution is 8.23. The van der Waals surface area contributed by atoms with Crippen molar-refractivity contribution >= 4 is 33.9 Å². The average molecular weight is 396 g/mol. The lowest BCUT2D eigenvalue weighted by molar-refractivity contribution is 0.269. The second kappa shape index (κ2) is 7.76. The van der Waals surface area contributed by atoms with Gasteiger partial charge in [0, 0.05) is 12.6 Å². The zero-order valence-electron chi connectivity index (χ0n) is 15.1. The fourth-order valence-corrected chi connectivity index (χ4v) is 5.61. The lowest BCUT2D eigenvalue weighted by Gasteiger charge is -2.55. The van der Waals surface area contributed by atoms with Crippen LogP contribution < -0.4 is 10.0 Å². The molecule has 1 aliphatic rings. The number of nitrogens with two attached hydrogens (primary N) is 1. The Balaban J connectivity index is 2.12. The quantitative estimate of drug-likeness (QED) is 0.639. The highest BCUT2D eigenvalue weighted by Gasteiger charge is 2.40. The Bertz CT molecular complexity index is 787. The predicted molar refractivity (Wildman–Crippen MR) is 111 cm³/mol. The van der Waals surface area contributed by atoms with Gasteiger partial charge >= 0.3 is 0 Å². The zero-order chi connectivity index (χ0) is 18.9. The monoisotopic (exact) mass is 395 g/mol. The van der Waals surface area contributed by atoms with Crippen LogP contribution in [0.2, 0.25) is 5.02 Å². The van der Waals surface area contributed by atoms with Gasteiger partial charge < -0.3 is 5.73 Å². The van der Waals surface area contributed by atoms with E-state index in [9.17, 15) is 9.11 Å². The molecule has 1 atom stereocenters. The van der Waals surface area contributed by atoms with E-state index in [2.05, 4.69) is 6.07 Å². The van der Waals surface area contributed by atoms with Gasteiger partial charge in [-0.2, -0.15) is 4.31 Å². The predicted octanol–water partition coefficient (Wildman–Crippen LogP) is 5.31. The maximum Gasteiger partial charge on any atom is 0.0827 e. The van der Waals surface area contributed by atoms with E-state index in [0.717, 1.165) is 29.7 Å². The van der Waals surface area contributed by atoms with Crippen molar-refractivity contribution in [2.75, 3.05) is 10.8 Å². The largest absolute Gasteiger partial charge is 0.330 e. The number of halogens is 1. The van der Waals surface area contributed by atoms with E-state index in [1.54, 1.807) is 14.7 Å². The molecule has 0 aromatic heterocycles. The lowest BCUT2D eigenvalue weighted by atomic mass is 10.1. The molecule has 26 heavy (non-hydrogen) atoms. The fourth-order valence-electron chi connectivity index (χ4n) is 3.36. The van der Waals surface area contributed by atoms with Crippen LogP contribution in [0.15, 0.2) is 42.5 Å². The summed E-state index contributed by atoms with van der Waals surface area (Å²) in [5.41, 5.74) is 9.21. The first kappa shape index (κ1) is 19.5. The van der Waals surface area contributed by atoms with E-state index < -0.39 is 11.0 Å². The molecule has 1 aliphatic heterocycles. The molecular weight excluding hydrogens is 370 g/mol. The van der Waals surface area contributed by atoms with E-state index in [1.807, 2.05) is 44.2 Å². The van der Waals surface area contributed by atoms with Gasteiger partial charge in [-0.05, 0) is 68.0 Å². The Hall–Kier alpha value is -1.28. The van der Waals surface area contributed by atoms with Crippen LogP contribution in [0.1, 0.15) is 30.9 Å². The molecule has 1 unspecified atom stereocenters. The summed E-state index contributed by atoms with van der Waals surface area (Å²) in [5, 5.41) is 0.482. The summed E-state index contributed by atoms with van der Waals surface area (Å²) < 4.78 is 25.9. The summed E-state index contributed by atoms with van der Waals surface area (Å²) in [6.07, 6.45) is 1.63. The minimum Gasteiger partial charge on any atom is -0.330 e.